The summed E-state index contributed by atoms with van der Waals surface area (Å²) in [5.41, 5.74) is 3.20. The smallest absolute Gasteiger partial charge is 0.267 e. The molecule has 6 heteroatoms. The lowest BCUT2D eigenvalue weighted by Crippen LogP contribution is -2.14. The van der Waals surface area contributed by atoms with Crippen LogP contribution in [-0.2, 0) is 4.79 Å². The van der Waals surface area contributed by atoms with Gasteiger partial charge in [-0.15, -0.1) is 5.10 Å². The average Bonchev–Trinajstić information content (AvgIpc) is 3.02. The summed E-state index contributed by atoms with van der Waals surface area (Å²) in [5, 5.41) is 16.6. The summed E-state index contributed by atoms with van der Waals surface area (Å²) in [6.45, 7) is 4.22. The SMILES string of the molecule is CC(C)C(/C=C/c1ccccc1)n1cc(/C=C/C(=O)NO)nn1. The number of carbonyl (C=O) groups excluding carboxylic acids is 1. The molecule has 120 valence electrons. The van der Waals surface area contributed by atoms with E-state index >= 15 is 0 Å². The van der Waals surface area contributed by atoms with E-state index < -0.39 is 5.91 Å². The Bertz CT molecular complexity index is 690. The Labute approximate surface area is 135 Å². The zero-order valence-corrected chi connectivity index (χ0v) is 13.1. The van der Waals surface area contributed by atoms with Gasteiger partial charge in [-0.05, 0) is 17.6 Å². The van der Waals surface area contributed by atoms with Crippen LogP contribution in [0.2, 0.25) is 0 Å². The summed E-state index contributed by atoms with van der Waals surface area (Å²) >= 11 is 0. The van der Waals surface area contributed by atoms with Crippen molar-refractivity contribution in [3.05, 3.63) is 59.9 Å². The van der Waals surface area contributed by atoms with Crippen LogP contribution >= 0.6 is 0 Å². The third kappa shape index (κ3) is 4.89. The highest BCUT2D eigenvalue weighted by Crippen LogP contribution is 2.20. The van der Waals surface area contributed by atoms with Gasteiger partial charge in [0, 0.05) is 6.08 Å². The molecule has 0 aliphatic rings. The number of nitrogens with zero attached hydrogens (tertiary/aromatic N) is 3. The Kier molecular flexibility index (Phi) is 5.82. The van der Waals surface area contributed by atoms with Crippen molar-refractivity contribution >= 4 is 18.1 Å². The highest BCUT2D eigenvalue weighted by molar-refractivity contribution is 5.90. The van der Waals surface area contributed by atoms with E-state index in [-0.39, 0.29) is 6.04 Å². The summed E-state index contributed by atoms with van der Waals surface area (Å²) in [5.74, 6) is -0.279. The van der Waals surface area contributed by atoms with E-state index in [1.807, 2.05) is 30.3 Å². The van der Waals surface area contributed by atoms with Gasteiger partial charge in [0.15, 0.2) is 0 Å². The molecule has 0 bridgehead atoms. The van der Waals surface area contributed by atoms with E-state index in [0.29, 0.717) is 11.6 Å². The maximum absolute atomic E-state index is 11.0. The molecule has 1 aromatic carbocycles. The van der Waals surface area contributed by atoms with Gasteiger partial charge < -0.3 is 0 Å². The maximum atomic E-state index is 11.0. The summed E-state index contributed by atoms with van der Waals surface area (Å²) in [4.78, 5) is 11.0. The maximum Gasteiger partial charge on any atom is 0.267 e. The van der Waals surface area contributed by atoms with Crippen molar-refractivity contribution in [2.75, 3.05) is 0 Å². The van der Waals surface area contributed by atoms with Crippen LogP contribution in [0.1, 0.15) is 31.1 Å². The van der Waals surface area contributed by atoms with Crippen LogP contribution in [0.15, 0.2) is 48.7 Å². The van der Waals surface area contributed by atoms with Crippen LogP contribution in [0, 0.1) is 5.92 Å². The van der Waals surface area contributed by atoms with Crippen LogP contribution in [0.3, 0.4) is 0 Å². The molecule has 0 aliphatic carbocycles. The first-order chi connectivity index (χ1) is 11.1. The standard InChI is InChI=1S/C17H20N4O2/c1-13(2)16(10-8-14-6-4-3-5-7-14)21-12-15(18-20-21)9-11-17(22)19-23/h3-13,16,23H,1-2H3,(H,19,22)/b10-8+,11-9+. The van der Waals surface area contributed by atoms with E-state index in [4.69, 9.17) is 5.21 Å². The first-order valence-electron chi connectivity index (χ1n) is 7.37. The fourth-order valence-electron chi connectivity index (χ4n) is 2.10. The number of hydrogen-bond donors (Lipinski definition) is 2. The highest BCUT2D eigenvalue weighted by Gasteiger charge is 2.13. The minimum Gasteiger partial charge on any atom is -0.288 e. The molecular weight excluding hydrogens is 292 g/mol. The molecule has 6 nitrogen and oxygen atoms in total. The zero-order valence-electron chi connectivity index (χ0n) is 13.1. The number of benzene rings is 1. The first-order valence-corrected chi connectivity index (χ1v) is 7.37. The van der Waals surface area contributed by atoms with Crippen molar-refractivity contribution < 1.29 is 10.0 Å². The van der Waals surface area contributed by atoms with E-state index in [1.54, 1.807) is 10.9 Å². The highest BCUT2D eigenvalue weighted by atomic mass is 16.5. The van der Waals surface area contributed by atoms with Crippen LogP contribution < -0.4 is 5.48 Å². The molecular formula is C17H20N4O2. The molecule has 0 saturated heterocycles. The third-order valence-corrected chi connectivity index (χ3v) is 3.32. The Balaban J connectivity index is 2.15. The van der Waals surface area contributed by atoms with Gasteiger partial charge >= 0.3 is 0 Å². The molecule has 1 heterocycles. The Morgan fingerprint density at radius 3 is 2.65 bits per heavy atom. The van der Waals surface area contributed by atoms with Gasteiger partial charge in [0.05, 0.1) is 12.2 Å². The third-order valence-electron chi connectivity index (χ3n) is 3.32. The second-order valence-electron chi connectivity index (χ2n) is 5.44. The van der Waals surface area contributed by atoms with Crippen LogP contribution in [0.25, 0.3) is 12.2 Å². The Morgan fingerprint density at radius 2 is 2.00 bits per heavy atom. The monoisotopic (exact) mass is 312 g/mol. The normalized spacial score (nSPS) is 13.0. The molecule has 1 amide bonds. The van der Waals surface area contributed by atoms with Crippen molar-refractivity contribution in [2.45, 2.75) is 19.9 Å². The van der Waals surface area contributed by atoms with E-state index in [9.17, 15) is 4.79 Å². The largest absolute Gasteiger partial charge is 0.288 e. The van der Waals surface area contributed by atoms with Crippen LogP contribution in [0.5, 0.6) is 0 Å². The molecule has 2 aromatic rings. The number of allylic oxidation sites excluding steroid dienone is 1. The average molecular weight is 312 g/mol. The molecule has 23 heavy (non-hydrogen) atoms. The molecule has 1 unspecified atom stereocenters. The van der Waals surface area contributed by atoms with Crippen molar-refractivity contribution in [1.82, 2.24) is 20.5 Å². The van der Waals surface area contributed by atoms with Crippen molar-refractivity contribution in [3.63, 3.8) is 0 Å². The number of amides is 1. The van der Waals surface area contributed by atoms with Crippen LogP contribution in [0.4, 0.5) is 0 Å². The fraction of sp³-hybridized carbons (Fsp3) is 0.235. The minimum atomic E-state index is -0.607. The first kappa shape index (κ1) is 16.6. The van der Waals surface area contributed by atoms with Gasteiger partial charge in [0.25, 0.3) is 5.91 Å². The Morgan fingerprint density at radius 1 is 1.26 bits per heavy atom. The molecule has 0 radical (unpaired) electrons. The van der Waals surface area contributed by atoms with Gasteiger partial charge in [0.2, 0.25) is 0 Å². The summed E-state index contributed by atoms with van der Waals surface area (Å²) in [7, 11) is 0. The lowest BCUT2D eigenvalue weighted by atomic mass is 10.0. The zero-order chi connectivity index (χ0) is 16.7. The number of hydroxylamine groups is 1. The number of hydrogen-bond acceptors (Lipinski definition) is 4. The van der Waals surface area contributed by atoms with Gasteiger partial charge in [-0.25, -0.2) is 10.2 Å². The van der Waals surface area contributed by atoms with Gasteiger partial charge in [-0.2, -0.15) is 0 Å². The molecule has 0 aliphatic heterocycles. The number of aromatic nitrogens is 3. The molecule has 1 atom stereocenters. The molecule has 1 aromatic heterocycles. The summed E-state index contributed by atoms with van der Waals surface area (Å²) in [6.07, 6.45) is 8.59. The number of nitrogens with one attached hydrogen (secondary N) is 1. The fourth-order valence-corrected chi connectivity index (χ4v) is 2.10. The quantitative estimate of drug-likeness (QED) is 0.488. The molecule has 0 spiro atoms. The molecule has 0 fully saturated rings. The molecule has 2 rings (SSSR count). The second kappa shape index (κ2) is 8.05. The van der Waals surface area contributed by atoms with Crippen LogP contribution in [-0.4, -0.2) is 26.1 Å². The van der Waals surface area contributed by atoms with Crippen molar-refractivity contribution in [2.24, 2.45) is 5.92 Å². The summed E-state index contributed by atoms with van der Waals surface area (Å²) in [6, 6.07) is 10.1. The molecule has 2 N–H and O–H groups in total. The van der Waals surface area contributed by atoms with Gasteiger partial charge in [-0.3, -0.25) is 10.0 Å². The number of rotatable bonds is 6. The lowest BCUT2D eigenvalue weighted by molar-refractivity contribution is -0.124. The lowest BCUT2D eigenvalue weighted by Gasteiger charge is -2.16. The van der Waals surface area contributed by atoms with E-state index in [2.05, 4.69) is 36.3 Å². The predicted octanol–water partition coefficient (Wildman–Crippen LogP) is 2.71. The predicted molar refractivity (Wildman–Crippen MR) is 88.3 cm³/mol. The number of carbonyl (C=O) groups is 1. The summed E-state index contributed by atoms with van der Waals surface area (Å²) < 4.78 is 1.76. The van der Waals surface area contributed by atoms with E-state index in [0.717, 1.165) is 5.56 Å². The topological polar surface area (TPSA) is 80.0 Å². The van der Waals surface area contributed by atoms with Gasteiger partial charge in [-0.1, -0.05) is 61.5 Å². The molecule has 0 saturated carbocycles. The Hall–Kier alpha value is -2.73. The van der Waals surface area contributed by atoms with E-state index in [1.165, 1.54) is 17.6 Å². The van der Waals surface area contributed by atoms with Crippen molar-refractivity contribution in [3.8, 4) is 0 Å². The second-order valence-corrected chi connectivity index (χ2v) is 5.44. The minimum absolute atomic E-state index is 0.0523. The van der Waals surface area contributed by atoms with Crippen molar-refractivity contribution in [1.29, 1.82) is 0 Å². The van der Waals surface area contributed by atoms with Gasteiger partial charge in [0.1, 0.15) is 5.69 Å².